The Morgan fingerprint density at radius 3 is 2.37 bits per heavy atom. The van der Waals surface area contributed by atoms with Crippen molar-refractivity contribution < 1.29 is 24.1 Å². The smallest absolute Gasteiger partial charge is 0.275 e. The van der Waals surface area contributed by atoms with Crippen molar-refractivity contribution in [2.75, 3.05) is 39.5 Å². The summed E-state index contributed by atoms with van der Waals surface area (Å²) < 4.78 is 10.9. The number of hydrogen-bond acceptors (Lipinski definition) is 3. The molecule has 2 aliphatic rings. The molecule has 1 amide bonds. The molecule has 0 spiro atoms. The fourth-order valence-corrected chi connectivity index (χ4v) is 4.30. The fourth-order valence-electron chi connectivity index (χ4n) is 4.30. The number of aryl methyl sites for hydroxylation is 1. The summed E-state index contributed by atoms with van der Waals surface area (Å²) in [6, 6.07) is 14.8. The number of benzene rings is 2. The van der Waals surface area contributed by atoms with Gasteiger partial charge in [-0.1, -0.05) is 31.2 Å². The lowest BCUT2D eigenvalue weighted by molar-refractivity contribution is -1.02. The standard InChI is InChI=1S/C24H31N3O3/c1-3-19-4-7-21(8-5-19)18(2)25-24(28)16-27-12-10-26(11-13-27)15-20-6-9-22-23(14-20)30-17-29-22/h4-9,14,18H,3,10-13,15-17H2,1-2H3,(H,25,28)/p+2/t18-/m0/s1. The van der Waals surface area contributed by atoms with Crippen LogP contribution in [-0.2, 0) is 17.8 Å². The maximum absolute atomic E-state index is 12.5. The molecule has 1 fully saturated rings. The maximum Gasteiger partial charge on any atom is 0.275 e. The molecular weight excluding hydrogens is 378 g/mol. The number of hydrogen-bond donors (Lipinski definition) is 3. The molecule has 6 nitrogen and oxygen atoms in total. The Morgan fingerprint density at radius 2 is 1.63 bits per heavy atom. The molecule has 0 unspecified atom stereocenters. The minimum absolute atomic E-state index is 0.0423. The largest absolute Gasteiger partial charge is 0.454 e. The molecule has 0 radical (unpaired) electrons. The summed E-state index contributed by atoms with van der Waals surface area (Å²) in [7, 11) is 0. The van der Waals surface area contributed by atoms with E-state index in [0.29, 0.717) is 13.3 Å². The van der Waals surface area contributed by atoms with Gasteiger partial charge in [-0.05, 0) is 42.7 Å². The van der Waals surface area contributed by atoms with Gasteiger partial charge in [0.15, 0.2) is 18.0 Å². The maximum atomic E-state index is 12.5. The van der Waals surface area contributed by atoms with Crippen LogP contribution in [0.1, 0.15) is 36.6 Å². The molecule has 4 rings (SSSR count). The number of amides is 1. The SMILES string of the molecule is CCc1ccc([C@H](C)NC(=O)C[NH+]2CC[NH+](Cc3ccc4c(c3)OCO4)CC2)cc1. The second-order valence-electron chi connectivity index (χ2n) is 8.43. The highest BCUT2D eigenvalue weighted by Crippen LogP contribution is 2.32. The van der Waals surface area contributed by atoms with Gasteiger partial charge in [0.05, 0.1) is 6.04 Å². The molecule has 2 aliphatic heterocycles. The van der Waals surface area contributed by atoms with E-state index in [2.05, 4.69) is 55.6 Å². The highest BCUT2D eigenvalue weighted by Gasteiger charge is 2.26. The van der Waals surface area contributed by atoms with Gasteiger partial charge in [-0.2, -0.15) is 0 Å². The third-order valence-electron chi connectivity index (χ3n) is 6.23. The topological polar surface area (TPSA) is 56.4 Å². The van der Waals surface area contributed by atoms with E-state index in [0.717, 1.165) is 56.2 Å². The average molecular weight is 412 g/mol. The highest BCUT2D eigenvalue weighted by atomic mass is 16.7. The first-order chi connectivity index (χ1) is 14.6. The van der Waals surface area contributed by atoms with E-state index in [-0.39, 0.29) is 11.9 Å². The van der Waals surface area contributed by atoms with E-state index in [9.17, 15) is 4.79 Å². The van der Waals surface area contributed by atoms with Gasteiger partial charge in [-0.15, -0.1) is 0 Å². The number of quaternary nitrogens is 2. The van der Waals surface area contributed by atoms with Crippen LogP contribution >= 0.6 is 0 Å². The molecule has 2 aromatic rings. The Hall–Kier alpha value is -2.57. The number of piperazine rings is 1. The molecule has 0 aromatic heterocycles. The Labute approximate surface area is 178 Å². The van der Waals surface area contributed by atoms with Crippen molar-refractivity contribution >= 4 is 5.91 Å². The van der Waals surface area contributed by atoms with Crippen LogP contribution < -0.4 is 24.6 Å². The molecule has 1 atom stereocenters. The lowest BCUT2D eigenvalue weighted by atomic mass is 10.0. The molecular formula is C24H33N3O3+2. The second-order valence-corrected chi connectivity index (χ2v) is 8.43. The molecule has 3 N–H and O–H groups in total. The lowest BCUT2D eigenvalue weighted by Crippen LogP contribution is -3.28. The third-order valence-corrected chi connectivity index (χ3v) is 6.23. The Bertz CT molecular complexity index is 860. The zero-order valence-electron chi connectivity index (χ0n) is 18.0. The van der Waals surface area contributed by atoms with E-state index < -0.39 is 0 Å². The fraction of sp³-hybridized carbons (Fsp3) is 0.458. The van der Waals surface area contributed by atoms with Crippen molar-refractivity contribution in [3.05, 3.63) is 59.2 Å². The summed E-state index contributed by atoms with van der Waals surface area (Å²) in [5.41, 5.74) is 3.76. The number of ether oxygens (including phenoxy) is 2. The molecule has 0 saturated carbocycles. The van der Waals surface area contributed by atoms with Gasteiger partial charge >= 0.3 is 0 Å². The zero-order chi connectivity index (χ0) is 20.9. The van der Waals surface area contributed by atoms with Gasteiger partial charge in [0.2, 0.25) is 6.79 Å². The van der Waals surface area contributed by atoms with Gasteiger partial charge in [0.25, 0.3) is 5.91 Å². The first-order valence-corrected chi connectivity index (χ1v) is 11.0. The molecule has 30 heavy (non-hydrogen) atoms. The zero-order valence-corrected chi connectivity index (χ0v) is 18.0. The van der Waals surface area contributed by atoms with Crippen LogP contribution in [0, 0.1) is 0 Å². The van der Waals surface area contributed by atoms with Crippen molar-refractivity contribution in [2.45, 2.75) is 32.9 Å². The molecule has 6 heteroatoms. The van der Waals surface area contributed by atoms with Crippen LogP contribution in [0.25, 0.3) is 0 Å². The van der Waals surface area contributed by atoms with E-state index in [4.69, 9.17) is 9.47 Å². The summed E-state index contributed by atoms with van der Waals surface area (Å²) >= 11 is 0. The van der Waals surface area contributed by atoms with Gasteiger partial charge in [0.1, 0.15) is 32.7 Å². The number of carbonyl (C=O) groups is 1. The van der Waals surface area contributed by atoms with Crippen LogP contribution in [-0.4, -0.2) is 45.4 Å². The van der Waals surface area contributed by atoms with E-state index >= 15 is 0 Å². The van der Waals surface area contributed by atoms with Gasteiger partial charge in [0, 0.05) is 5.56 Å². The summed E-state index contributed by atoms with van der Waals surface area (Å²) in [5, 5.41) is 3.16. The molecule has 2 heterocycles. The molecule has 0 aliphatic carbocycles. The Kier molecular flexibility index (Phi) is 6.55. The van der Waals surface area contributed by atoms with Crippen molar-refractivity contribution in [3.63, 3.8) is 0 Å². The number of carbonyl (C=O) groups excluding carboxylic acids is 1. The van der Waals surface area contributed by atoms with Gasteiger partial charge in [-0.25, -0.2) is 0 Å². The van der Waals surface area contributed by atoms with Crippen molar-refractivity contribution in [3.8, 4) is 11.5 Å². The second kappa shape index (κ2) is 9.49. The van der Waals surface area contributed by atoms with Crippen LogP contribution in [0.3, 0.4) is 0 Å². The van der Waals surface area contributed by atoms with E-state index in [1.807, 2.05) is 6.07 Å². The highest BCUT2D eigenvalue weighted by molar-refractivity contribution is 5.77. The summed E-state index contributed by atoms with van der Waals surface area (Å²) in [6.07, 6.45) is 1.03. The quantitative estimate of drug-likeness (QED) is 0.608. The summed E-state index contributed by atoms with van der Waals surface area (Å²) in [5.74, 6) is 1.83. The van der Waals surface area contributed by atoms with Crippen molar-refractivity contribution in [2.24, 2.45) is 0 Å². The molecule has 160 valence electrons. The van der Waals surface area contributed by atoms with E-state index in [1.165, 1.54) is 16.0 Å². The number of nitrogens with one attached hydrogen (secondary N) is 3. The number of rotatable bonds is 7. The van der Waals surface area contributed by atoms with Crippen LogP contribution in [0.4, 0.5) is 0 Å². The van der Waals surface area contributed by atoms with Crippen LogP contribution in [0.5, 0.6) is 11.5 Å². The van der Waals surface area contributed by atoms with E-state index in [1.54, 1.807) is 4.90 Å². The van der Waals surface area contributed by atoms with Gasteiger partial charge in [-0.3, -0.25) is 4.79 Å². The normalized spacial score (nSPS) is 21.3. The van der Waals surface area contributed by atoms with Crippen LogP contribution in [0.2, 0.25) is 0 Å². The monoisotopic (exact) mass is 411 g/mol. The predicted molar refractivity (Wildman–Crippen MR) is 115 cm³/mol. The minimum Gasteiger partial charge on any atom is -0.454 e. The predicted octanol–water partition coefficient (Wildman–Crippen LogP) is 0.139. The van der Waals surface area contributed by atoms with Gasteiger partial charge < -0.3 is 24.6 Å². The average Bonchev–Trinajstić information content (AvgIpc) is 3.23. The third kappa shape index (κ3) is 5.12. The molecule has 1 saturated heterocycles. The lowest BCUT2D eigenvalue weighted by Gasteiger charge is -2.29. The van der Waals surface area contributed by atoms with Crippen molar-refractivity contribution in [1.29, 1.82) is 0 Å². The Morgan fingerprint density at radius 1 is 0.967 bits per heavy atom. The first kappa shape index (κ1) is 20.7. The van der Waals surface area contributed by atoms with Crippen molar-refractivity contribution in [1.82, 2.24) is 5.32 Å². The summed E-state index contributed by atoms with van der Waals surface area (Å²) in [4.78, 5) is 15.5. The Balaban J connectivity index is 1.20. The number of fused-ring (bicyclic) bond motifs is 1. The first-order valence-electron chi connectivity index (χ1n) is 11.0. The van der Waals surface area contributed by atoms with Crippen LogP contribution in [0.15, 0.2) is 42.5 Å². The minimum atomic E-state index is 0.0423. The summed E-state index contributed by atoms with van der Waals surface area (Å²) in [6.45, 7) is 10.3. The molecule has 2 aromatic carbocycles. The molecule has 0 bridgehead atoms.